The molecule has 0 aliphatic rings. The van der Waals surface area contributed by atoms with Crippen molar-refractivity contribution in [3.63, 3.8) is 0 Å². The molecule has 0 aliphatic carbocycles. The zero-order valence-corrected chi connectivity index (χ0v) is 10.9. The third-order valence-corrected chi connectivity index (χ3v) is 3.60. The monoisotopic (exact) mass is 262 g/mol. The normalized spacial score (nSPS) is 13.4. The van der Waals surface area contributed by atoms with Crippen LogP contribution in [-0.4, -0.2) is 32.9 Å². The fourth-order valence-corrected chi connectivity index (χ4v) is 3.04. The van der Waals surface area contributed by atoms with Gasteiger partial charge in [-0.3, -0.25) is 0 Å². The molecule has 0 N–H and O–H groups in total. The molecule has 16 heavy (non-hydrogen) atoms. The number of hydrogen-bond acceptors (Lipinski definition) is 3. The Bertz CT molecular complexity index is 425. The summed E-state index contributed by atoms with van der Waals surface area (Å²) in [4.78, 5) is 0. The van der Waals surface area contributed by atoms with Crippen LogP contribution in [0.3, 0.4) is 0 Å². The van der Waals surface area contributed by atoms with E-state index in [0.29, 0.717) is 6.42 Å². The number of hydrogen-bond donors (Lipinski definition) is 0. The molecule has 0 spiro atoms. The summed E-state index contributed by atoms with van der Waals surface area (Å²) in [5.74, 6) is 0.776. The Morgan fingerprint density at radius 1 is 1.31 bits per heavy atom. The van der Waals surface area contributed by atoms with Crippen molar-refractivity contribution in [3.05, 3.63) is 29.8 Å². The molecule has 0 fully saturated rings. The van der Waals surface area contributed by atoms with Crippen LogP contribution in [0.2, 0.25) is 0 Å². The molecule has 0 radical (unpaired) electrons. The van der Waals surface area contributed by atoms with Gasteiger partial charge in [0, 0.05) is 6.26 Å². The van der Waals surface area contributed by atoms with Crippen molar-refractivity contribution in [2.24, 2.45) is 0 Å². The average molecular weight is 263 g/mol. The lowest BCUT2D eigenvalue weighted by Crippen LogP contribution is -2.17. The summed E-state index contributed by atoms with van der Waals surface area (Å²) in [6.07, 6.45) is 1.73. The Kier molecular flexibility index (Phi) is 4.62. The van der Waals surface area contributed by atoms with Crippen LogP contribution >= 0.6 is 11.6 Å². The summed E-state index contributed by atoms with van der Waals surface area (Å²) in [6, 6.07) is 7.44. The summed E-state index contributed by atoms with van der Waals surface area (Å²) in [7, 11) is -1.41. The van der Waals surface area contributed by atoms with Crippen molar-refractivity contribution in [2.45, 2.75) is 11.8 Å². The minimum Gasteiger partial charge on any atom is -0.497 e. The van der Waals surface area contributed by atoms with E-state index in [1.807, 2.05) is 24.3 Å². The highest BCUT2D eigenvalue weighted by Gasteiger charge is 2.13. The van der Waals surface area contributed by atoms with Gasteiger partial charge >= 0.3 is 0 Å². The predicted octanol–water partition coefficient (Wildman–Crippen LogP) is 1.89. The van der Waals surface area contributed by atoms with E-state index in [2.05, 4.69) is 0 Å². The molecule has 3 nitrogen and oxygen atoms in total. The van der Waals surface area contributed by atoms with Crippen molar-refractivity contribution in [3.8, 4) is 5.75 Å². The Morgan fingerprint density at radius 3 is 2.31 bits per heavy atom. The molecule has 90 valence electrons. The highest BCUT2D eigenvalue weighted by atomic mass is 35.5. The van der Waals surface area contributed by atoms with E-state index in [1.165, 1.54) is 6.26 Å². The van der Waals surface area contributed by atoms with Gasteiger partial charge in [-0.2, -0.15) is 0 Å². The van der Waals surface area contributed by atoms with E-state index >= 15 is 0 Å². The number of methoxy groups -OCH3 is 1. The lowest BCUT2D eigenvalue weighted by molar-refractivity contribution is 0.414. The smallest absolute Gasteiger partial charge is 0.148 e. The number of ether oxygens (including phenoxy) is 1. The molecule has 0 heterocycles. The fourth-order valence-electron chi connectivity index (χ4n) is 1.40. The molecule has 0 aromatic heterocycles. The number of benzene rings is 1. The molecule has 5 heteroatoms. The van der Waals surface area contributed by atoms with E-state index < -0.39 is 9.84 Å². The van der Waals surface area contributed by atoms with Gasteiger partial charge in [0.25, 0.3) is 0 Å². The number of sulfone groups is 1. The average Bonchev–Trinajstić information content (AvgIpc) is 2.16. The largest absolute Gasteiger partial charge is 0.497 e. The molecule has 1 atom stereocenters. The molecular formula is C11H15ClO3S. The number of alkyl halides is 1. The zero-order chi connectivity index (χ0) is 12.2. The van der Waals surface area contributed by atoms with Crippen LogP contribution in [0.5, 0.6) is 5.75 Å². The van der Waals surface area contributed by atoms with Crippen molar-refractivity contribution >= 4 is 21.4 Å². The van der Waals surface area contributed by atoms with Gasteiger partial charge < -0.3 is 4.74 Å². The summed E-state index contributed by atoms with van der Waals surface area (Å²) in [5.41, 5.74) is 1.00. The Hall–Kier alpha value is -0.740. The lowest BCUT2D eigenvalue weighted by Gasteiger charge is -2.08. The predicted molar refractivity (Wildman–Crippen MR) is 66.0 cm³/mol. The van der Waals surface area contributed by atoms with Gasteiger partial charge in [-0.15, -0.1) is 11.6 Å². The van der Waals surface area contributed by atoms with Crippen LogP contribution in [0.4, 0.5) is 0 Å². The number of halogens is 1. The van der Waals surface area contributed by atoms with Gasteiger partial charge in [0.2, 0.25) is 0 Å². The van der Waals surface area contributed by atoms with E-state index in [0.717, 1.165) is 11.3 Å². The van der Waals surface area contributed by atoms with Gasteiger partial charge in [-0.1, -0.05) is 12.1 Å². The first-order valence-electron chi connectivity index (χ1n) is 4.85. The molecule has 1 unspecified atom stereocenters. The fraction of sp³-hybridized carbons (Fsp3) is 0.455. The maximum Gasteiger partial charge on any atom is 0.148 e. The topological polar surface area (TPSA) is 43.4 Å². The SMILES string of the molecule is COc1ccc(CC(Cl)CS(C)(=O)=O)cc1. The molecule has 0 amide bonds. The van der Waals surface area contributed by atoms with Crippen LogP contribution in [0.1, 0.15) is 5.56 Å². The second-order valence-corrected chi connectivity index (χ2v) is 6.54. The Balaban J connectivity index is 2.59. The lowest BCUT2D eigenvalue weighted by atomic mass is 10.1. The molecule has 1 aromatic rings. The van der Waals surface area contributed by atoms with Crippen molar-refractivity contribution in [2.75, 3.05) is 19.1 Å². The van der Waals surface area contributed by atoms with Crippen LogP contribution in [0, 0.1) is 0 Å². The minimum atomic E-state index is -3.01. The van der Waals surface area contributed by atoms with E-state index in [9.17, 15) is 8.42 Å². The molecular weight excluding hydrogens is 248 g/mol. The van der Waals surface area contributed by atoms with Crippen LogP contribution in [0.25, 0.3) is 0 Å². The zero-order valence-electron chi connectivity index (χ0n) is 9.31. The third-order valence-electron chi connectivity index (χ3n) is 2.10. The maximum atomic E-state index is 11.0. The summed E-state index contributed by atoms with van der Waals surface area (Å²) in [5, 5.41) is -0.386. The second-order valence-electron chi connectivity index (χ2n) is 3.74. The molecule has 0 aliphatic heterocycles. The van der Waals surface area contributed by atoms with Gasteiger partial charge in [-0.05, 0) is 24.1 Å². The summed E-state index contributed by atoms with van der Waals surface area (Å²) >= 11 is 5.96. The molecule has 0 saturated carbocycles. The van der Waals surface area contributed by atoms with Crippen LogP contribution < -0.4 is 4.74 Å². The Morgan fingerprint density at radius 2 is 1.88 bits per heavy atom. The van der Waals surface area contributed by atoms with Crippen LogP contribution in [0.15, 0.2) is 24.3 Å². The molecule has 1 aromatic carbocycles. The second kappa shape index (κ2) is 5.55. The van der Waals surface area contributed by atoms with Gasteiger partial charge in [0.05, 0.1) is 18.2 Å². The molecule has 0 bridgehead atoms. The first-order valence-corrected chi connectivity index (χ1v) is 7.35. The molecule has 1 rings (SSSR count). The molecule has 0 saturated heterocycles. The standard InChI is InChI=1S/C11H15ClO3S/c1-15-11-5-3-9(4-6-11)7-10(12)8-16(2,13)14/h3-6,10H,7-8H2,1-2H3. The summed E-state index contributed by atoms with van der Waals surface area (Å²) in [6.45, 7) is 0. The maximum absolute atomic E-state index is 11.0. The van der Waals surface area contributed by atoms with Crippen molar-refractivity contribution in [1.29, 1.82) is 0 Å². The number of rotatable bonds is 5. The van der Waals surface area contributed by atoms with E-state index in [4.69, 9.17) is 16.3 Å². The van der Waals surface area contributed by atoms with E-state index in [-0.39, 0.29) is 11.1 Å². The van der Waals surface area contributed by atoms with Gasteiger partial charge in [0.1, 0.15) is 15.6 Å². The van der Waals surface area contributed by atoms with E-state index in [1.54, 1.807) is 7.11 Å². The first-order chi connectivity index (χ1) is 7.40. The highest BCUT2D eigenvalue weighted by Crippen LogP contribution is 2.15. The minimum absolute atomic E-state index is 0.000580. The Labute approximate surface area is 101 Å². The van der Waals surface area contributed by atoms with Gasteiger partial charge in [0.15, 0.2) is 0 Å². The van der Waals surface area contributed by atoms with Crippen LogP contribution in [-0.2, 0) is 16.3 Å². The van der Waals surface area contributed by atoms with Crippen molar-refractivity contribution < 1.29 is 13.2 Å². The first kappa shape index (κ1) is 13.3. The van der Waals surface area contributed by atoms with Gasteiger partial charge in [-0.25, -0.2) is 8.42 Å². The van der Waals surface area contributed by atoms with Crippen molar-refractivity contribution in [1.82, 2.24) is 0 Å². The highest BCUT2D eigenvalue weighted by molar-refractivity contribution is 7.90. The third kappa shape index (κ3) is 4.86. The quantitative estimate of drug-likeness (QED) is 0.761. The summed E-state index contributed by atoms with van der Waals surface area (Å²) < 4.78 is 27.1.